The minimum Gasteiger partial charge on any atom is -0.395 e. The van der Waals surface area contributed by atoms with Crippen LogP contribution in [0.3, 0.4) is 0 Å². The van der Waals surface area contributed by atoms with Crippen LogP contribution in [-0.4, -0.2) is 23.2 Å². The number of hydrogen-bond donors (Lipinski definition) is 1. The van der Waals surface area contributed by atoms with Crippen LogP contribution in [0.25, 0.3) is 0 Å². The van der Waals surface area contributed by atoms with E-state index in [1.54, 1.807) is 0 Å². The van der Waals surface area contributed by atoms with Crippen LogP contribution >= 0.6 is 0 Å². The van der Waals surface area contributed by atoms with Gasteiger partial charge in [0.2, 0.25) is 0 Å². The minimum absolute atomic E-state index is 0.223. The zero-order valence-corrected chi connectivity index (χ0v) is 15.0. The lowest BCUT2D eigenvalue weighted by molar-refractivity contribution is 0.143. The Hall–Kier alpha value is -1.64. The first-order valence-corrected chi connectivity index (χ1v) is 9.84. The smallest absolute Gasteiger partial charge is 0.0558 e. The highest BCUT2D eigenvalue weighted by molar-refractivity contribution is 5.34. The first kappa shape index (κ1) is 16.8. The van der Waals surface area contributed by atoms with E-state index >= 15 is 0 Å². The monoisotopic (exact) mass is 335 g/mol. The predicted octanol–water partition coefficient (Wildman–Crippen LogP) is 4.51. The van der Waals surface area contributed by atoms with Gasteiger partial charge in [0.15, 0.2) is 0 Å². The molecule has 2 aliphatic rings. The quantitative estimate of drug-likeness (QED) is 0.804. The van der Waals surface area contributed by atoms with Crippen LogP contribution < -0.4 is 0 Å². The maximum absolute atomic E-state index is 9.59. The molecule has 2 aliphatic carbocycles. The molecule has 1 atom stereocenters. The fraction of sp³-hybridized carbons (Fsp3) is 0.478. The van der Waals surface area contributed by atoms with Gasteiger partial charge in [0, 0.05) is 19.1 Å². The molecule has 2 nitrogen and oxygen atoms in total. The molecule has 1 unspecified atom stereocenters. The molecule has 0 radical (unpaired) electrons. The lowest BCUT2D eigenvalue weighted by Crippen LogP contribution is -2.30. The van der Waals surface area contributed by atoms with Crippen LogP contribution in [0.5, 0.6) is 0 Å². The highest BCUT2D eigenvalue weighted by atomic mass is 16.3. The Balaban J connectivity index is 1.49. The van der Waals surface area contributed by atoms with Gasteiger partial charge in [-0.1, -0.05) is 67.8 Å². The second kappa shape index (κ2) is 7.72. The van der Waals surface area contributed by atoms with E-state index in [1.807, 2.05) is 0 Å². The number of rotatable bonds is 7. The third-order valence-corrected chi connectivity index (χ3v) is 6.06. The van der Waals surface area contributed by atoms with Gasteiger partial charge in [-0.3, -0.25) is 4.90 Å². The molecule has 1 saturated carbocycles. The molecule has 2 aromatic rings. The maximum Gasteiger partial charge on any atom is 0.0558 e. The van der Waals surface area contributed by atoms with Crippen LogP contribution in [0, 0.1) is 5.92 Å². The number of hydrogen-bond acceptors (Lipinski definition) is 2. The van der Waals surface area contributed by atoms with Crippen molar-refractivity contribution in [1.29, 1.82) is 0 Å². The first-order chi connectivity index (χ1) is 12.3. The third-order valence-electron chi connectivity index (χ3n) is 6.06. The molecule has 25 heavy (non-hydrogen) atoms. The van der Waals surface area contributed by atoms with Gasteiger partial charge in [0.25, 0.3) is 0 Å². The second-order valence-electron chi connectivity index (χ2n) is 7.77. The summed E-state index contributed by atoms with van der Waals surface area (Å²) in [6.45, 7) is 1.89. The molecule has 2 heteroatoms. The van der Waals surface area contributed by atoms with Crippen LogP contribution in [0.4, 0.5) is 0 Å². The van der Waals surface area contributed by atoms with E-state index in [0.717, 1.165) is 25.4 Å². The van der Waals surface area contributed by atoms with Crippen molar-refractivity contribution in [3.8, 4) is 0 Å². The first-order valence-electron chi connectivity index (χ1n) is 9.84. The lowest BCUT2D eigenvalue weighted by Gasteiger charge is -2.29. The van der Waals surface area contributed by atoms with Crippen molar-refractivity contribution >= 4 is 0 Å². The number of aliphatic hydroxyl groups excluding tert-OH is 1. The van der Waals surface area contributed by atoms with E-state index in [2.05, 4.69) is 53.4 Å². The Morgan fingerprint density at radius 1 is 0.960 bits per heavy atom. The van der Waals surface area contributed by atoms with E-state index in [0.29, 0.717) is 6.04 Å². The lowest BCUT2D eigenvalue weighted by atomic mass is 9.81. The van der Waals surface area contributed by atoms with Crippen molar-refractivity contribution in [2.24, 2.45) is 5.92 Å². The van der Waals surface area contributed by atoms with Gasteiger partial charge in [0.1, 0.15) is 0 Å². The molecule has 4 rings (SSSR count). The van der Waals surface area contributed by atoms with Gasteiger partial charge < -0.3 is 5.11 Å². The number of aliphatic hydroxyl groups is 1. The highest BCUT2D eigenvalue weighted by Gasteiger charge is 2.27. The predicted molar refractivity (Wildman–Crippen MR) is 102 cm³/mol. The fourth-order valence-electron chi connectivity index (χ4n) is 4.51. The van der Waals surface area contributed by atoms with Crippen molar-refractivity contribution in [3.05, 3.63) is 70.8 Å². The van der Waals surface area contributed by atoms with Crippen LogP contribution in [0.1, 0.15) is 54.0 Å². The van der Waals surface area contributed by atoms with Gasteiger partial charge in [-0.15, -0.1) is 0 Å². The average molecular weight is 335 g/mol. The normalized spacial score (nSPS) is 19.8. The largest absolute Gasteiger partial charge is 0.395 e. The number of aryl methyl sites for hydroxylation is 1. The van der Waals surface area contributed by atoms with E-state index in [9.17, 15) is 5.11 Å². The Morgan fingerprint density at radius 2 is 1.80 bits per heavy atom. The van der Waals surface area contributed by atoms with Crippen molar-refractivity contribution in [1.82, 2.24) is 4.90 Å². The molecule has 0 heterocycles. The van der Waals surface area contributed by atoms with Crippen molar-refractivity contribution in [2.75, 3.05) is 13.2 Å². The van der Waals surface area contributed by atoms with Gasteiger partial charge >= 0.3 is 0 Å². The summed E-state index contributed by atoms with van der Waals surface area (Å²) in [5, 5.41) is 9.59. The SMILES string of the molecule is OCCN(Cc1cccc(CC2CCC2)c1)C1CCc2ccccc21. The average Bonchev–Trinajstić information content (AvgIpc) is 3.02. The Morgan fingerprint density at radius 3 is 2.60 bits per heavy atom. The molecular weight excluding hydrogens is 306 g/mol. The molecule has 0 amide bonds. The van der Waals surface area contributed by atoms with Gasteiger partial charge in [0.05, 0.1) is 6.61 Å². The maximum atomic E-state index is 9.59. The molecule has 0 saturated heterocycles. The van der Waals surface area contributed by atoms with Crippen molar-refractivity contribution in [3.63, 3.8) is 0 Å². The van der Waals surface area contributed by atoms with Crippen LogP contribution in [0.2, 0.25) is 0 Å². The summed E-state index contributed by atoms with van der Waals surface area (Å²) in [7, 11) is 0. The minimum atomic E-state index is 0.223. The van der Waals surface area contributed by atoms with E-state index in [1.165, 1.54) is 54.4 Å². The molecule has 0 spiro atoms. The van der Waals surface area contributed by atoms with Crippen LogP contribution in [-0.2, 0) is 19.4 Å². The summed E-state index contributed by atoms with van der Waals surface area (Å²) in [5.41, 5.74) is 5.81. The fourth-order valence-corrected chi connectivity index (χ4v) is 4.51. The molecule has 0 aromatic heterocycles. The standard InChI is InChI=1S/C23H29NO/c25-14-13-24(23-12-11-21-9-1-2-10-22(21)23)17-20-8-4-7-19(16-20)15-18-5-3-6-18/h1-2,4,7-10,16,18,23,25H,3,5-6,11-15,17H2. The van der Waals surface area contributed by atoms with Gasteiger partial charge in [-0.25, -0.2) is 0 Å². The number of benzene rings is 2. The molecule has 1 N–H and O–H groups in total. The summed E-state index contributed by atoms with van der Waals surface area (Å²) in [4.78, 5) is 2.47. The molecule has 2 aromatic carbocycles. The topological polar surface area (TPSA) is 23.5 Å². The molecule has 0 bridgehead atoms. The Labute approximate surface area is 151 Å². The number of fused-ring (bicyclic) bond motifs is 1. The van der Waals surface area contributed by atoms with E-state index in [-0.39, 0.29) is 6.61 Å². The number of nitrogens with zero attached hydrogens (tertiary/aromatic N) is 1. The zero-order chi connectivity index (χ0) is 17.1. The van der Waals surface area contributed by atoms with E-state index in [4.69, 9.17) is 0 Å². The Kier molecular flexibility index (Phi) is 5.19. The second-order valence-corrected chi connectivity index (χ2v) is 7.77. The van der Waals surface area contributed by atoms with Gasteiger partial charge in [-0.2, -0.15) is 0 Å². The summed E-state index contributed by atoms with van der Waals surface area (Å²) >= 11 is 0. The summed E-state index contributed by atoms with van der Waals surface area (Å²) in [6.07, 6.45) is 7.78. The van der Waals surface area contributed by atoms with Crippen molar-refractivity contribution in [2.45, 2.75) is 51.1 Å². The van der Waals surface area contributed by atoms with Crippen molar-refractivity contribution < 1.29 is 5.11 Å². The van der Waals surface area contributed by atoms with Gasteiger partial charge in [-0.05, 0) is 47.4 Å². The summed E-state index contributed by atoms with van der Waals surface area (Å²) in [5.74, 6) is 0.908. The molecular formula is C23H29NO. The Bertz CT molecular complexity index is 707. The molecule has 0 aliphatic heterocycles. The molecule has 1 fully saturated rings. The molecule has 132 valence electrons. The summed E-state index contributed by atoms with van der Waals surface area (Å²) < 4.78 is 0. The van der Waals surface area contributed by atoms with E-state index < -0.39 is 0 Å². The third kappa shape index (κ3) is 3.80. The zero-order valence-electron chi connectivity index (χ0n) is 15.0. The van der Waals surface area contributed by atoms with Crippen LogP contribution in [0.15, 0.2) is 48.5 Å². The highest BCUT2D eigenvalue weighted by Crippen LogP contribution is 2.36. The summed E-state index contributed by atoms with van der Waals surface area (Å²) in [6, 6.07) is 18.4.